The van der Waals surface area contributed by atoms with Gasteiger partial charge >= 0.3 is 10.1 Å². The molecule has 0 fully saturated rings. The van der Waals surface area contributed by atoms with Crippen LogP contribution in [0.2, 0.25) is 0 Å². The van der Waals surface area contributed by atoms with Gasteiger partial charge in [0.25, 0.3) is 0 Å². The summed E-state index contributed by atoms with van der Waals surface area (Å²) < 4.78 is 32.1. The van der Waals surface area contributed by atoms with Gasteiger partial charge in [-0.25, -0.2) is 0 Å². The van der Waals surface area contributed by atoms with E-state index in [0.29, 0.717) is 5.75 Å². The molecule has 0 aliphatic carbocycles. The van der Waals surface area contributed by atoms with Gasteiger partial charge in [-0.3, -0.25) is 0 Å². The summed E-state index contributed by atoms with van der Waals surface area (Å²) in [4.78, 5) is 0. The highest BCUT2D eigenvalue weighted by Crippen LogP contribution is 2.34. The summed E-state index contributed by atoms with van der Waals surface area (Å²) in [6.07, 6.45) is 1.01. The third-order valence-corrected chi connectivity index (χ3v) is 2.72. The Hall–Kier alpha value is -1.23. The molecule has 0 saturated heterocycles. The van der Waals surface area contributed by atoms with Crippen molar-refractivity contribution in [2.75, 3.05) is 13.4 Å². The van der Waals surface area contributed by atoms with E-state index in [4.69, 9.17) is 8.92 Å². The second kappa shape index (κ2) is 4.56. The molecule has 5 heteroatoms. The average Bonchev–Trinajstić information content (AvgIpc) is 2.13. The van der Waals surface area contributed by atoms with Gasteiger partial charge in [0.15, 0.2) is 0 Å². The quantitative estimate of drug-likeness (QED) is 0.781. The maximum atomic E-state index is 11.0. The number of benzene rings is 1. The molecule has 0 atom stereocenters. The second-order valence-corrected chi connectivity index (χ2v) is 6.47. The molecule has 0 aromatic heterocycles. The minimum atomic E-state index is -3.51. The molecule has 96 valence electrons. The molecule has 0 aliphatic rings. The molecule has 0 N–H and O–H groups in total. The minimum absolute atomic E-state index is 0.0744. The first-order valence-electron chi connectivity index (χ1n) is 5.21. The smallest absolute Gasteiger partial charge is 0.306 e. The van der Waals surface area contributed by atoms with E-state index in [9.17, 15) is 8.42 Å². The lowest BCUT2D eigenvalue weighted by Gasteiger charge is -2.22. The number of hydrogen-bond acceptors (Lipinski definition) is 4. The summed E-state index contributed by atoms with van der Waals surface area (Å²) in [6, 6.07) is 5.03. The van der Waals surface area contributed by atoms with Gasteiger partial charge in [-0.1, -0.05) is 26.8 Å². The molecule has 0 bridgehead atoms. The van der Waals surface area contributed by atoms with Crippen LogP contribution in [0.3, 0.4) is 0 Å². The summed E-state index contributed by atoms with van der Waals surface area (Å²) in [5.74, 6) is 0.885. The molecule has 4 nitrogen and oxygen atoms in total. The largest absolute Gasteiger partial charge is 0.496 e. The maximum Gasteiger partial charge on any atom is 0.306 e. The molecule has 0 radical (unpaired) electrons. The topological polar surface area (TPSA) is 52.6 Å². The highest BCUT2D eigenvalue weighted by Gasteiger charge is 2.19. The average molecular weight is 258 g/mol. The van der Waals surface area contributed by atoms with Crippen LogP contribution in [0.1, 0.15) is 26.3 Å². The normalized spacial score (nSPS) is 12.3. The fourth-order valence-corrected chi connectivity index (χ4v) is 1.97. The minimum Gasteiger partial charge on any atom is -0.496 e. The summed E-state index contributed by atoms with van der Waals surface area (Å²) in [5, 5.41) is 0. The van der Waals surface area contributed by atoms with E-state index in [2.05, 4.69) is 20.8 Å². The molecular formula is C12H18O4S. The van der Waals surface area contributed by atoms with Crippen LogP contribution in [0.5, 0.6) is 11.5 Å². The lowest BCUT2D eigenvalue weighted by atomic mass is 9.86. The molecule has 17 heavy (non-hydrogen) atoms. The van der Waals surface area contributed by atoms with Crippen LogP contribution in [0.25, 0.3) is 0 Å². The van der Waals surface area contributed by atoms with Gasteiger partial charge in [0.2, 0.25) is 0 Å². The number of hydrogen-bond donors (Lipinski definition) is 0. The van der Waals surface area contributed by atoms with Crippen LogP contribution in [-0.4, -0.2) is 21.8 Å². The molecule has 1 aromatic rings. The van der Waals surface area contributed by atoms with Crippen LogP contribution in [-0.2, 0) is 15.5 Å². The predicted molar refractivity (Wildman–Crippen MR) is 67.2 cm³/mol. The van der Waals surface area contributed by atoms with Crippen molar-refractivity contribution in [3.05, 3.63) is 23.8 Å². The fourth-order valence-electron chi connectivity index (χ4n) is 1.52. The summed E-state index contributed by atoms with van der Waals surface area (Å²) in [5.41, 5.74) is 0.926. The van der Waals surface area contributed by atoms with Crippen molar-refractivity contribution in [2.45, 2.75) is 26.2 Å². The van der Waals surface area contributed by atoms with Crippen LogP contribution in [0.4, 0.5) is 0 Å². The first-order valence-corrected chi connectivity index (χ1v) is 7.03. The van der Waals surface area contributed by atoms with Gasteiger partial charge in [-0.05, 0) is 17.0 Å². The fraction of sp³-hybridized carbons (Fsp3) is 0.500. The Kier molecular flexibility index (Phi) is 3.71. The molecule has 0 aliphatic heterocycles. The number of ether oxygens (including phenoxy) is 1. The van der Waals surface area contributed by atoms with Crippen molar-refractivity contribution in [3.63, 3.8) is 0 Å². The Morgan fingerprint density at radius 1 is 1.18 bits per heavy atom. The lowest BCUT2D eigenvalue weighted by Crippen LogP contribution is -2.13. The van der Waals surface area contributed by atoms with Crippen LogP contribution >= 0.6 is 0 Å². The van der Waals surface area contributed by atoms with E-state index in [1.165, 1.54) is 0 Å². The van der Waals surface area contributed by atoms with Gasteiger partial charge in [0.05, 0.1) is 13.4 Å². The Balaban J connectivity index is 3.18. The van der Waals surface area contributed by atoms with Gasteiger partial charge < -0.3 is 8.92 Å². The zero-order valence-corrected chi connectivity index (χ0v) is 11.6. The molecule has 0 amide bonds. The van der Waals surface area contributed by atoms with Gasteiger partial charge in [0.1, 0.15) is 11.5 Å². The summed E-state index contributed by atoms with van der Waals surface area (Å²) in [7, 11) is -1.96. The van der Waals surface area contributed by atoms with E-state index in [1.54, 1.807) is 19.2 Å². The van der Waals surface area contributed by atoms with Crippen molar-refractivity contribution < 1.29 is 17.3 Å². The van der Waals surface area contributed by atoms with E-state index >= 15 is 0 Å². The Morgan fingerprint density at radius 3 is 2.18 bits per heavy atom. The van der Waals surface area contributed by atoms with Crippen LogP contribution in [0.15, 0.2) is 18.2 Å². The van der Waals surface area contributed by atoms with E-state index in [0.717, 1.165) is 11.8 Å². The summed E-state index contributed by atoms with van der Waals surface area (Å²) in [6.45, 7) is 6.17. The Morgan fingerprint density at radius 2 is 1.76 bits per heavy atom. The molecular weight excluding hydrogens is 240 g/mol. The van der Waals surface area contributed by atoms with E-state index in [-0.39, 0.29) is 11.2 Å². The number of rotatable bonds is 3. The van der Waals surface area contributed by atoms with Crippen molar-refractivity contribution in [2.24, 2.45) is 0 Å². The SMILES string of the molecule is COc1cc(OS(C)(=O)=O)ccc1C(C)(C)C. The molecule has 1 aromatic carbocycles. The third-order valence-electron chi connectivity index (χ3n) is 2.23. The molecule has 0 heterocycles. The van der Waals surface area contributed by atoms with Gasteiger partial charge in [-0.15, -0.1) is 0 Å². The zero-order chi connectivity index (χ0) is 13.3. The van der Waals surface area contributed by atoms with Crippen molar-refractivity contribution in [1.82, 2.24) is 0 Å². The Labute approximate surface area is 103 Å². The molecule has 0 spiro atoms. The first kappa shape index (κ1) is 13.8. The first-order chi connectivity index (χ1) is 7.63. The third kappa shape index (κ3) is 3.93. The predicted octanol–water partition coefficient (Wildman–Crippen LogP) is 2.33. The van der Waals surface area contributed by atoms with Crippen LogP contribution < -0.4 is 8.92 Å². The summed E-state index contributed by atoms with van der Waals surface area (Å²) >= 11 is 0. The van der Waals surface area contributed by atoms with E-state index < -0.39 is 10.1 Å². The lowest BCUT2D eigenvalue weighted by molar-refractivity contribution is 0.395. The number of methoxy groups -OCH3 is 1. The Bertz CT molecular complexity index is 498. The van der Waals surface area contributed by atoms with Gasteiger partial charge in [0, 0.05) is 6.07 Å². The highest BCUT2D eigenvalue weighted by atomic mass is 32.2. The monoisotopic (exact) mass is 258 g/mol. The second-order valence-electron chi connectivity index (χ2n) is 4.90. The van der Waals surface area contributed by atoms with Crippen molar-refractivity contribution >= 4 is 10.1 Å². The van der Waals surface area contributed by atoms with Gasteiger partial charge in [-0.2, -0.15) is 8.42 Å². The molecule has 0 saturated carbocycles. The van der Waals surface area contributed by atoms with Crippen LogP contribution in [0, 0.1) is 0 Å². The molecule has 1 rings (SSSR count). The highest BCUT2D eigenvalue weighted by molar-refractivity contribution is 7.86. The zero-order valence-electron chi connectivity index (χ0n) is 10.8. The molecule has 0 unspecified atom stereocenters. The van der Waals surface area contributed by atoms with E-state index in [1.807, 2.05) is 6.07 Å². The van der Waals surface area contributed by atoms with Crippen molar-refractivity contribution in [1.29, 1.82) is 0 Å². The maximum absolute atomic E-state index is 11.0. The van der Waals surface area contributed by atoms with Crippen molar-refractivity contribution in [3.8, 4) is 11.5 Å². The standard InChI is InChI=1S/C12H18O4S/c1-12(2,3)10-7-6-9(8-11(10)15-4)16-17(5,13)14/h6-8H,1-5H3.